The van der Waals surface area contributed by atoms with Crippen LogP contribution < -0.4 is 4.74 Å². The number of aliphatic hydroxyl groups is 1. The molecule has 1 aliphatic heterocycles. The molecule has 1 aromatic heterocycles. The van der Waals surface area contributed by atoms with E-state index in [0.29, 0.717) is 5.92 Å². The SMILES string of the molecule is CCC(CC)/C(O)=C/C(=O)C(C)(CC)CC.Cc1cccc2[c-]c3c(c(C)c12)Oc1cc(CC(C)C)cc2ccnc-3c12.[Ir]. The number of aromatic nitrogens is 1. The van der Waals surface area contributed by atoms with Crippen molar-refractivity contribution in [2.24, 2.45) is 17.3 Å². The molecule has 5 heteroatoms. The molecule has 4 nitrogen and oxygen atoms in total. The van der Waals surface area contributed by atoms with E-state index >= 15 is 0 Å². The van der Waals surface area contributed by atoms with Gasteiger partial charge in [-0.05, 0) is 75.0 Å². The second-order valence-electron chi connectivity index (χ2n) is 12.7. The molecule has 4 aromatic rings. The van der Waals surface area contributed by atoms with E-state index in [0.717, 1.165) is 71.2 Å². The van der Waals surface area contributed by atoms with Gasteiger partial charge in [0.2, 0.25) is 0 Å². The van der Waals surface area contributed by atoms with E-state index in [1.807, 2.05) is 40.8 Å². The summed E-state index contributed by atoms with van der Waals surface area (Å²) in [6, 6.07) is 16.5. The minimum Gasteiger partial charge on any atom is -0.512 e. The van der Waals surface area contributed by atoms with E-state index in [-0.39, 0.29) is 43.0 Å². The third kappa shape index (κ3) is 7.11. The van der Waals surface area contributed by atoms with Crippen LogP contribution in [0.4, 0.5) is 0 Å². The summed E-state index contributed by atoms with van der Waals surface area (Å²) in [4.78, 5) is 16.8. The Balaban J connectivity index is 0.000000271. The van der Waals surface area contributed by atoms with Crippen LogP contribution in [0.5, 0.6) is 11.5 Å². The number of carbonyl (C=O) groups excluding carboxylic acids is 1. The van der Waals surface area contributed by atoms with E-state index in [4.69, 9.17) is 9.72 Å². The number of pyridine rings is 1. The van der Waals surface area contributed by atoms with Crippen molar-refractivity contribution in [2.45, 2.75) is 94.4 Å². The Morgan fingerprint density at radius 3 is 2.34 bits per heavy atom. The first kappa shape index (κ1) is 35.5. The van der Waals surface area contributed by atoms with Gasteiger partial charge in [0.1, 0.15) is 5.75 Å². The van der Waals surface area contributed by atoms with E-state index in [1.165, 1.54) is 28.0 Å². The number of aryl methyl sites for hydroxylation is 2. The number of allylic oxidation sites excluding steroid dienone is 2. The molecule has 0 unspecified atom stereocenters. The summed E-state index contributed by atoms with van der Waals surface area (Å²) in [5, 5.41) is 14.5. The fraction of sp³-hybridized carbons (Fsp3) is 0.436. The third-order valence-corrected chi connectivity index (χ3v) is 9.29. The van der Waals surface area contributed by atoms with Crippen molar-refractivity contribution in [3.8, 4) is 22.8 Å². The van der Waals surface area contributed by atoms with Gasteiger partial charge in [0.15, 0.2) is 5.78 Å². The maximum atomic E-state index is 12.0. The molecule has 1 aliphatic rings. The normalized spacial score (nSPS) is 12.5. The van der Waals surface area contributed by atoms with Gasteiger partial charge >= 0.3 is 0 Å². The number of hydrogen-bond acceptors (Lipinski definition) is 4. The average molecular weight is 771 g/mol. The molecule has 0 fully saturated rings. The summed E-state index contributed by atoms with van der Waals surface area (Å²) in [7, 11) is 0. The second-order valence-corrected chi connectivity index (χ2v) is 12.7. The maximum absolute atomic E-state index is 12.0. The molecular weight excluding hydrogens is 723 g/mol. The molecule has 1 radical (unpaired) electrons. The molecule has 237 valence electrons. The largest absolute Gasteiger partial charge is 0.512 e. The number of carbonyl (C=O) groups is 1. The van der Waals surface area contributed by atoms with Gasteiger partial charge in [0.05, 0.1) is 11.5 Å². The number of aliphatic hydroxyl groups excluding tert-OH is 1. The Hall–Kier alpha value is -3.01. The van der Waals surface area contributed by atoms with Crippen molar-refractivity contribution in [1.82, 2.24) is 4.98 Å². The molecule has 0 amide bonds. The van der Waals surface area contributed by atoms with Crippen molar-refractivity contribution >= 4 is 27.3 Å². The molecule has 0 spiro atoms. The summed E-state index contributed by atoms with van der Waals surface area (Å²) < 4.78 is 6.49. The number of hydrogen-bond donors (Lipinski definition) is 1. The van der Waals surface area contributed by atoms with E-state index < -0.39 is 0 Å². The van der Waals surface area contributed by atoms with Gasteiger partial charge < -0.3 is 9.84 Å². The van der Waals surface area contributed by atoms with Gasteiger partial charge in [-0.3, -0.25) is 9.78 Å². The zero-order chi connectivity index (χ0) is 31.5. The van der Waals surface area contributed by atoms with Gasteiger partial charge in [-0.15, -0.1) is 17.5 Å². The van der Waals surface area contributed by atoms with E-state index in [1.54, 1.807) is 0 Å². The van der Waals surface area contributed by atoms with Gasteiger partial charge in [-0.1, -0.05) is 88.7 Å². The fourth-order valence-corrected chi connectivity index (χ4v) is 6.10. The summed E-state index contributed by atoms with van der Waals surface area (Å²) >= 11 is 0. The van der Waals surface area contributed by atoms with Crippen LogP contribution in [0.25, 0.3) is 32.8 Å². The summed E-state index contributed by atoms with van der Waals surface area (Å²) in [6.45, 7) is 18.8. The maximum Gasteiger partial charge on any atom is 0.164 e. The molecule has 44 heavy (non-hydrogen) atoms. The van der Waals surface area contributed by atoms with Crippen LogP contribution in [0.1, 0.15) is 90.8 Å². The number of ether oxygens (including phenoxy) is 1. The van der Waals surface area contributed by atoms with Crippen molar-refractivity contribution in [1.29, 1.82) is 0 Å². The molecule has 2 heterocycles. The molecule has 0 atom stereocenters. The topological polar surface area (TPSA) is 59.4 Å². The zero-order valence-electron chi connectivity index (χ0n) is 27.9. The molecule has 0 aliphatic carbocycles. The quantitative estimate of drug-likeness (QED) is 0.0921. The standard InChI is InChI=1S/C25H22NO.C14H26O2.Ir/c1-14(2)10-17-11-19-8-9-26-24-20-13-18-7-5-6-15(3)22(18)16(4)25(20)27-21(12-17)23(19)24;1-6-11(7-2)12(15)10-13(16)14(5,8-3)9-4;/h5-9,11-12,14H,10H2,1-4H3;10-11,15H,6-9H2,1-5H3;/q-1;;/b;12-10-;. The summed E-state index contributed by atoms with van der Waals surface area (Å²) in [5.74, 6) is 2.86. The van der Waals surface area contributed by atoms with E-state index in [9.17, 15) is 9.90 Å². The zero-order valence-corrected chi connectivity index (χ0v) is 30.2. The molecule has 0 saturated carbocycles. The van der Waals surface area contributed by atoms with Crippen LogP contribution in [-0.4, -0.2) is 15.9 Å². The van der Waals surface area contributed by atoms with Crippen LogP contribution in [0, 0.1) is 37.2 Å². The Labute approximate surface area is 277 Å². The number of nitrogens with zero attached hydrogens (tertiary/aromatic N) is 1. The summed E-state index contributed by atoms with van der Waals surface area (Å²) in [6.07, 6.45) is 7.77. The number of fused-ring (bicyclic) bond motifs is 3. The van der Waals surface area contributed by atoms with Gasteiger partial charge in [0, 0.05) is 54.8 Å². The Kier molecular flexibility index (Phi) is 12.0. The minimum atomic E-state index is -0.319. The molecule has 3 aromatic carbocycles. The number of benzene rings is 3. The average Bonchev–Trinajstić information content (AvgIpc) is 2.98. The first-order valence-electron chi connectivity index (χ1n) is 16.0. The van der Waals surface area contributed by atoms with Crippen LogP contribution in [0.15, 0.2) is 54.4 Å². The van der Waals surface area contributed by atoms with Crippen molar-refractivity contribution < 1.29 is 34.7 Å². The van der Waals surface area contributed by atoms with Crippen molar-refractivity contribution in [3.63, 3.8) is 0 Å². The molecule has 0 saturated heterocycles. The monoisotopic (exact) mass is 771 g/mol. The smallest absolute Gasteiger partial charge is 0.164 e. The number of rotatable bonds is 9. The van der Waals surface area contributed by atoms with Gasteiger partial charge in [0.25, 0.3) is 0 Å². The second kappa shape index (κ2) is 14.8. The first-order valence-corrected chi connectivity index (χ1v) is 16.0. The van der Waals surface area contributed by atoms with E-state index in [2.05, 4.69) is 70.2 Å². The fourth-order valence-electron chi connectivity index (χ4n) is 6.10. The first-order chi connectivity index (χ1) is 20.5. The van der Waals surface area contributed by atoms with Crippen LogP contribution in [0.2, 0.25) is 0 Å². The number of ketones is 1. The predicted molar refractivity (Wildman–Crippen MR) is 180 cm³/mol. The molecule has 1 N–H and O–H groups in total. The Morgan fingerprint density at radius 1 is 1.05 bits per heavy atom. The third-order valence-electron chi connectivity index (χ3n) is 9.29. The van der Waals surface area contributed by atoms with Gasteiger partial charge in [-0.25, -0.2) is 0 Å². The summed E-state index contributed by atoms with van der Waals surface area (Å²) in [5.41, 5.74) is 5.35. The molecule has 0 bridgehead atoms. The van der Waals surface area contributed by atoms with Crippen LogP contribution in [-0.2, 0) is 31.3 Å². The van der Waals surface area contributed by atoms with Crippen molar-refractivity contribution in [2.75, 3.05) is 0 Å². The van der Waals surface area contributed by atoms with Crippen LogP contribution in [0.3, 0.4) is 0 Å². The Bertz CT molecular complexity index is 1660. The molecular formula is C39H48IrNO3-. The van der Waals surface area contributed by atoms with Crippen molar-refractivity contribution in [3.05, 3.63) is 77.2 Å². The molecule has 5 rings (SSSR count). The Morgan fingerprint density at radius 2 is 1.73 bits per heavy atom. The minimum absolute atomic E-state index is 0. The van der Waals surface area contributed by atoms with Crippen LogP contribution >= 0.6 is 0 Å². The van der Waals surface area contributed by atoms with Gasteiger partial charge in [-0.2, -0.15) is 0 Å². The predicted octanol–water partition coefficient (Wildman–Crippen LogP) is 11.0.